The molecule has 1 aliphatic heterocycles. The van der Waals surface area contributed by atoms with Crippen molar-refractivity contribution in [3.05, 3.63) is 48.0 Å². The molecule has 0 fully saturated rings. The Labute approximate surface area is 144 Å². The molecule has 1 aliphatic rings. The third-order valence-corrected chi connectivity index (χ3v) is 3.75. The third-order valence-electron chi connectivity index (χ3n) is 3.75. The van der Waals surface area contributed by atoms with Gasteiger partial charge >= 0.3 is 0 Å². The van der Waals surface area contributed by atoms with E-state index in [0.29, 0.717) is 28.4 Å². The van der Waals surface area contributed by atoms with Crippen molar-refractivity contribution in [2.75, 3.05) is 29.2 Å². The number of nitrogens with one attached hydrogen (secondary N) is 2. The zero-order chi connectivity index (χ0) is 18.0. The van der Waals surface area contributed by atoms with E-state index in [2.05, 4.69) is 10.6 Å². The summed E-state index contributed by atoms with van der Waals surface area (Å²) in [5.41, 5.74) is 2.09. The summed E-state index contributed by atoms with van der Waals surface area (Å²) >= 11 is 0. The molecule has 0 aliphatic carbocycles. The molecule has 2 aromatic rings. The van der Waals surface area contributed by atoms with Crippen molar-refractivity contribution in [2.45, 2.75) is 6.92 Å². The Morgan fingerprint density at radius 2 is 1.84 bits per heavy atom. The molecule has 1 heterocycles. The van der Waals surface area contributed by atoms with Crippen LogP contribution in [0.25, 0.3) is 0 Å². The second-order valence-corrected chi connectivity index (χ2v) is 5.64. The molecule has 25 heavy (non-hydrogen) atoms. The van der Waals surface area contributed by atoms with E-state index < -0.39 is 0 Å². The highest BCUT2D eigenvalue weighted by Crippen LogP contribution is 2.33. The molecule has 0 unspecified atom stereocenters. The molecule has 0 saturated heterocycles. The summed E-state index contributed by atoms with van der Waals surface area (Å²) in [6.07, 6.45) is 0. The van der Waals surface area contributed by atoms with Crippen molar-refractivity contribution in [1.82, 2.24) is 0 Å². The smallest absolute Gasteiger partial charge is 0.264 e. The lowest BCUT2D eigenvalue weighted by Gasteiger charge is -2.26. The summed E-state index contributed by atoms with van der Waals surface area (Å²) in [6.45, 7) is 1.41. The van der Waals surface area contributed by atoms with Gasteiger partial charge < -0.3 is 20.3 Å². The van der Waals surface area contributed by atoms with Crippen LogP contribution < -0.4 is 20.3 Å². The maximum atomic E-state index is 12.4. The number of benzene rings is 2. The Bertz CT molecular complexity index is 863. The van der Waals surface area contributed by atoms with Crippen LogP contribution in [0.3, 0.4) is 0 Å². The van der Waals surface area contributed by atoms with E-state index in [1.54, 1.807) is 49.5 Å². The van der Waals surface area contributed by atoms with Crippen LogP contribution in [0.1, 0.15) is 17.3 Å². The van der Waals surface area contributed by atoms with Crippen LogP contribution >= 0.6 is 0 Å². The van der Waals surface area contributed by atoms with Gasteiger partial charge in [0.2, 0.25) is 5.91 Å². The highest BCUT2D eigenvalue weighted by molar-refractivity contribution is 6.06. The number of amides is 3. The molecular formula is C18H17N3O4. The minimum Gasteiger partial charge on any atom is -0.482 e. The quantitative estimate of drug-likeness (QED) is 0.898. The van der Waals surface area contributed by atoms with Crippen LogP contribution in [0.2, 0.25) is 0 Å². The zero-order valence-corrected chi connectivity index (χ0v) is 13.8. The minimum atomic E-state index is -0.321. The standard InChI is InChI=1S/C18H17N3O4/c1-11(22)19-13-5-3-4-12(8-13)18(24)20-14-6-7-16-15(9-14)21(2)17(23)10-25-16/h3-9H,10H2,1-2H3,(H,19,22)(H,20,24). The first-order valence-corrected chi connectivity index (χ1v) is 7.66. The van der Waals surface area contributed by atoms with Gasteiger partial charge in [0, 0.05) is 30.9 Å². The zero-order valence-electron chi connectivity index (χ0n) is 13.8. The number of likely N-dealkylation sites (N-methyl/N-ethyl adjacent to an activating group) is 1. The summed E-state index contributed by atoms with van der Waals surface area (Å²) in [4.78, 5) is 36.8. The number of carbonyl (C=O) groups excluding carboxylic acids is 3. The van der Waals surface area contributed by atoms with E-state index in [1.165, 1.54) is 11.8 Å². The highest BCUT2D eigenvalue weighted by atomic mass is 16.5. The molecule has 3 amide bonds. The first-order valence-electron chi connectivity index (χ1n) is 7.66. The summed E-state index contributed by atoms with van der Waals surface area (Å²) in [6, 6.07) is 11.7. The van der Waals surface area contributed by atoms with E-state index in [1.807, 2.05) is 0 Å². The van der Waals surface area contributed by atoms with Crippen LogP contribution in [0.5, 0.6) is 5.75 Å². The first kappa shape index (κ1) is 16.5. The molecule has 0 atom stereocenters. The van der Waals surface area contributed by atoms with E-state index in [4.69, 9.17) is 4.74 Å². The van der Waals surface area contributed by atoms with Crippen LogP contribution in [-0.2, 0) is 9.59 Å². The summed E-state index contributed by atoms with van der Waals surface area (Å²) < 4.78 is 5.36. The molecule has 0 aromatic heterocycles. The second-order valence-electron chi connectivity index (χ2n) is 5.64. The van der Waals surface area contributed by atoms with Crippen LogP contribution in [0.4, 0.5) is 17.1 Å². The number of ether oxygens (including phenoxy) is 1. The van der Waals surface area contributed by atoms with Crippen molar-refractivity contribution in [3.63, 3.8) is 0 Å². The molecule has 0 bridgehead atoms. The van der Waals surface area contributed by atoms with Gasteiger partial charge in [0.1, 0.15) is 5.75 Å². The molecule has 0 radical (unpaired) electrons. The average molecular weight is 339 g/mol. The van der Waals surface area contributed by atoms with E-state index >= 15 is 0 Å². The van der Waals surface area contributed by atoms with Gasteiger partial charge in [-0.1, -0.05) is 6.07 Å². The van der Waals surface area contributed by atoms with Gasteiger partial charge in [0.05, 0.1) is 5.69 Å². The van der Waals surface area contributed by atoms with Crippen molar-refractivity contribution in [3.8, 4) is 5.75 Å². The van der Waals surface area contributed by atoms with E-state index in [9.17, 15) is 14.4 Å². The fourth-order valence-electron chi connectivity index (χ4n) is 2.49. The number of hydrogen-bond acceptors (Lipinski definition) is 4. The first-order chi connectivity index (χ1) is 11.9. The lowest BCUT2D eigenvalue weighted by atomic mass is 10.1. The predicted molar refractivity (Wildman–Crippen MR) is 94.0 cm³/mol. The lowest BCUT2D eigenvalue weighted by molar-refractivity contribution is -0.121. The Morgan fingerprint density at radius 3 is 2.60 bits per heavy atom. The fraction of sp³-hybridized carbons (Fsp3) is 0.167. The average Bonchev–Trinajstić information content (AvgIpc) is 2.58. The van der Waals surface area contributed by atoms with E-state index in [0.717, 1.165) is 0 Å². The van der Waals surface area contributed by atoms with Gasteiger partial charge in [0.15, 0.2) is 6.61 Å². The van der Waals surface area contributed by atoms with Crippen molar-refractivity contribution >= 4 is 34.8 Å². The van der Waals surface area contributed by atoms with Gasteiger partial charge in [-0.3, -0.25) is 14.4 Å². The topological polar surface area (TPSA) is 87.7 Å². The molecule has 0 spiro atoms. The highest BCUT2D eigenvalue weighted by Gasteiger charge is 2.22. The summed E-state index contributed by atoms with van der Waals surface area (Å²) in [5.74, 6) is -0.0930. The normalized spacial score (nSPS) is 12.9. The Hall–Kier alpha value is -3.35. The third kappa shape index (κ3) is 3.60. The Balaban J connectivity index is 1.80. The molecule has 128 valence electrons. The Morgan fingerprint density at radius 1 is 1.08 bits per heavy atom. The summed E-state index contributed by atoms with van der Waals surface area (Å²) in [5, 5.41) is 5.41. The van der Waals surface area contributed by atoms with Crippen molar-refractivity contribution in [2.24, 2.45) is 0 Å². The molecule has 2 aromatic carbocycles. The number of carbonyl (C=O) groups is 3. The molecule has 7 nitrogen and oxygen atoms in total. The molecule has 0 saturated carbocycles. The van der Waals surface area contributed by atoms with Crippen molar-refractivity contribution in [1.29, 1.82) is 0 Å². The van der Waals surface area contributed by atoms with Gasteiger partial charge in [0.25, 0.3) is 11.8 Å². The minimum absolute atomic E-state index is 0.00511. The second kappa shape index (κ2) is 6.64. The largest absolute Gasteiger partial charge is 0.482 e. The van der Waals surface area contributed by atoms with Crippen LogP contribution in [0, 0.1) is 0 Å². The monoisotopic (exact) mass is 339 g/mol. The molecule has 3 rings (SSSR count). The number of rotatable bonds is 3. The van der Waals surface area contributed by atoms with Gasteiger partial charge in [-0.2, -0.15) is 0 Å². The number of nitrogens with zero attached hydrogens (tertiary/aromatic N) is 1. The molecular weight excluding hydrogens is 322 g/mol. The predicted octanol–water partition coefficient (Wildman–Crippen LogP) is 2.25. The molecule has 2 N–H and O–H groups in total. The van der Waals surface area contributed by atoms with E-state index in [-0.39, 0.29) is 24.3 Å². The SMILES string of the molecule is CC(=O)Nc1cccc(C(=O)Nc2ccc3c(c2)N(C)C(=O)CO3)c1. The maximum absolute atomic E-state index is 12.4. The number of hydrogen-bond donors (Lipinski definition) is 2. The molecule has 7 heteroatoms. The number of fused-ring (bicyclic) bond motifs is 1. The van der Waals surface area contributed by atoms with Crippen molar-refractivity contribution < 1.29 is 19.1 Å². The maximum Gasteiger partial charge on any atom is 0.264 e. The van der Waals surface area contributed by atoms with Gasteiger partial charge in [-0.15, -0.1) is 0 Å². The van der Waals surface area contributed by atoms with Gasteiger partial charge in [-0.25, -0.2) is 0 Å². The Kier molecular flexibility index (Phi) is 4.38. The van der Waals surface area contributed by atoms with Crippen LogP contribution in [-0.4, -0.2) is 31.4 Å². The fourth-order valence-corrected chi connectivity index (χ4v) is 2.49. The number of anilines is 3. The van der Waals surface area contributed by atoms with Crippen LogP contribution in [0.15, 0.2) is 42.5 Å². The van der Waals surface area contributed by atoms with Gasteiger partial charge in [-0.05, 0) is 36.4 Å². The lowest BCUT2D eigenvalue weighted by Crippen LogP contribution is -2.35. The summed E-state index contributed by atoms with van der Waals surface area (Å²) in [7, 11) is 1.66.